The number of nitrogens with zero attached hydrogens (tertiary/aromatic N) is 2. The molecule has 1 amide bonds. The van der Waals surface area contributed by atoms with E-state index >= 15 is 0 Å². The maximum atomic E-state index is 13.0. The van der Waals surface area contributed by atoms with Gasteiger partial charge in [0, 0.05) is 33.6 Å². The highest BCUT2D eigenvalue weighted by molar-refractivity contribution is 5.97. The summed E-state index contributed by atoms with van der Waals surface area (Å²) in [6, 6.07) is 8.39. The van der Waals surface area contributed by atoms with Crippen molar-refractivity contribution in [1.29, 1.82) is 0 Å². The van der Waals surface area contributed by atoms with Gasteiger partial charge in [-0.15, -0.1) is 4.91 Å². The Labute approximate surface area is 254 Å². The number of ketones is 1. The van der Waals surface area contributed by atoms with Gasteiger partial charge < -0.3 is 14.5 Å². The van der Waals surface area contributed by atoms with Crippen molar-refractivity contribution in [3.8, 4) is 0 Å². The monoisotopic (exact) mass is 589 g/mol. The summed E-state index contributed by atoms with van der Waals surface area (Å²) in [6.45, 7) is 13.0. The van der Waals surface area contributed by atoms with Crippen LogP contribution in [0.5, 0.6) is 0 Å². The van der Waals surface area contributed by atoms with Crippen molar-refractivity contribution in [1.82, 2.24) is 9.88 Å². The number of likely N-dealkylation sites (N-methyl/N-ethyl adjacent to an activating group) is 1. The van der Waals surface area contributed by atoms with Crippen molar-refractivity contribution < 1.29 is 19.1 Å². The number of aromatic nitrogens is 1. The first kappa shape index (κ1) is 30.4. The van der Waals surface area contributed by atoms with Crippen LogP contribution in [-0.2, 0) is 30.9 Å². The predicted molar refractivity (Wildman–Crippen MR) is 166 cm³/mol. The van der Waals surface area contributed by atoms with E-state index in [1.54, 1.807) is 19.0 Å². The number of nitrogens with one attached hydrogen (secondary N) is 1. The van der Waals surface area contributed by atoms with Crippen molar-refractivity contribution in [2.45, 2.75) is 109 Å². The summed E-state index contributed by atoms with van der Waals surface area (Å²) >= 11 is 0. The van der Waals surface area contributed by atoms with Crippen LogP contribution in [0.4, 0.5) is 0 Å². The quantitative estimate of drug-likeness (QED) is 0.411. The Morgan fingerprint density at radius 3 is 2.51 bits per heavy atom. The van der Waals surface area contributed by atoms with Gasteiger partial charge in [0.2, 0.25) is 0 Å². The molecule has 1 aromatic carbocycles. The first-order chi connectivity index (χ1) is 20.2. The van der Waals surface area contributed by atoms with Crippen LogP contribution in [0.2, 0.25) is 0 Å². The van der Waals surface area contributed by atoms with E-state index in [1.165, 1.54) is 28.6 Å². The third-order valence-corrected chi connectivity index (χ3v) is 11.8. The number of hydrogen-bond acceptors (Lipinski definition) is 6. The molecule has 8 nitrogen and oxygen atoms in total. The lowest BCUT2D eigenvalue weighted by Gasteiger charge is -2.61. The summed E-state index contributed by atoms with van der Waals surface area (Å²) < 4.78 is 13.0. The highest BCUT2D eigenvalue weighted by Gasteiger charge is 2.69. The van der Waals surface area contributed by atoms with Gasteiger partial charge in [-0.1, -0.05) is 45.9 Å². The van der Waals surface area contributed by atoms with Crippen LogP contribution in [0.25, 0.3) is 10.9 Å². The minimum Gasteiger partial charge on any atom is -0.358 e. The van der Waals surface area contributed by atoms with Crippen LogP contribution in [0, 0.1) is 28.1 Å². The Morgan fingerprint density at radius 2 is 1.84 bits per heavy atom. The molecule has 7 atom stereocenters. The molecular formula is C35H47N3O5. The lowest BCUT2D eigenvalue weighted by molar-refractivity contribution is -0.205. The molecule has 3 heterocycles. The number of para-hydroxylation sites is 1. The van der Waals surface area contributed by atoms with Crippen molar-refractivity contribution in [2.75, 3.05) is 14.1 Å². The minimum absolute atomic E-state index is 0.0563. The number of amides is 1. The van der Waals surface area contributed by atoms with E-state index in [9.17, 15) is 14.5 Å². The minimum atomic E-state index is -0.697. The first-order valence-electron chi connectivity index (χ1n) is 16.0. The zero-order valence-corrected chi connectivity index (χ0v) is 27.0. The number of ether oxygens (including phenoxy) is 2. The van der Waals surface area contributed by atoms with E-state index in [1.807, 2.05) is 33.8 Å². The van der Waals surface area contributed by atoms with Crippen molar-refractivity contribution >= 4 is 22.6 Å². The first-order valence-corrected chi connectivity index (χ1v) is 16.0. The average Bonchev–Trinajstić information content (AvgIpc) is 3.54. The second kappa shape index (κ2) is 10.2. The number of aromatic amines is 1. The molecule has 2 saturated carbocycles. The summed E-state index contributed by atoms with van der Waals surface area (Å²) in [5.41, 5.74) is 4.89. The average molecular weight is 590 g/mol. The number of carbonyl (C=O) groups excluding carboxylic acids is 2. The van der Waals surface area contributed by atoms with Gasteiger partial charge in [-0.25, -0.2) is 0 Å². The number of benzene rings is 1. The highest BCUT2D eigenvalue weighted by atomic mass is 16.8. The molecule has 1 spiro atoms. The fourth-order valence-corrected chi connectivity index (χ4v) is 9.42. The van der Waals surface area contributed by atoms with Crippen LogP contribution < -0.4 is 0 Å². The molecule has 5 aliphatic rings. The maximum absolute atomic E-state index is 13.0. The molecule has 232 valence electrons. The fourth-order valence-electron chi connectivity index (χ4n) is 9.42. The van der Waals surface area contributed by atoms with Crippen LogP contribution in [-0.4, -0.2) is 59.2 Å². The standard InChI is InChI=1S/C27H31NO3.C8H16N2O2/c1-24(2)23-21(29)14-19-18-10-9-15-13-17-16-7-5-6-8-20(16)28-22(17)26(15,4)25(18,3)11-12-27(19,30-23)31-24;1-6(2)5-7(10(3)4)8(11)9-12/h5-8,14-15,18,23,28H,9-13H2,1-4H3;6-7H,5H2,1-4H3/t15-,18?,23-,25-,26+,27-;7-/m00/s1. The topological polar surface area (TPSA) is 101 Å². The van der Waals surface area contributed by atoms with Crippen LogP contribution in [0.1, 0.15) is 84.9 Å². The second-order valence-electron chi connectivity index (χ2n) is 15.2. The van der Waals surface area contributed by atoms with Crippen LogP contribution >= 0.6 is 0 Å². The summed E-state index contributed by atoms with van der Waals surface area (Å²) in [4.78, 5) is 39.6. The molecule has 1 unspecified atom stereocenters. The van der Waals surface area contributed by atoms with E-state index in [-0.39, 0.29) is 22.7 Å². The molecule has 3 aliphatic carbocycles. The number of nitroso groups, excluding NO2 is 1. The van der Waals surface area contributed by atoms with Gasteiger partial charge in [0.15, 0.2) is 17.7 Å². The molecule has 7 rings (SSSR count). The van der Waals surface area contributed by atoms with Gasteiger partial charge in [-0.05, 0) is 106 Å². The van der Waals surface area contributed by atoms with Crippen molar-refractivity contribution in [2.24, 2.45) is 28.3 Å². The number of rotatable bonds is 4. The second-order valence-corrected chi connectivity index (χ2v) is 15.2. The smallest absolute Gasteiger partial charge is 0.303 e. The zero-order chi connectivity index (χ0) is 31.1. The van der Waals surface area contributed by atoms with E-state index in [4.69, 9.17) is 9.47 Å². The molecule has 0 radical (unpaired) electrons. The van der Waals surface area contributed by atoms with Gasteiger partial charge in [0.25, 0.3) is 0 Å². The van der Waals surface area contributed by atoms with Gasteiger partial charge in [0.05, 0.1) is 6.04 Å². The molecular weight excluding hydrogens is 542 g/mol. The Bertz CT molecular complexity index is 1510. The molecule has 8 heteroatoms. The number of fused-ring (bicyclic) bond motifs is 9. The summed E-state index contributed by atoms with van der Waals surface area (Å²) in [5, 5.41) is 3.82. The SMILES string of the molecule is CC(C)C[C@@H](C(=O)N=O)N(C)C.CC1(C)O[C@@]23CC[C@@]4(C)C(CC[C@H]5Cc6c([nH]c7ccccc67)[C@@]54C)C2=CC(=O)[C@@H]1O3. The van der Waals surface area contributed by atoms with E-state index < -0.39 is 23.4 Å². The van der Waals surface area contributed by atoms with E-state index in [0.29, 0.717) is 24.2 Å². The third kappa shape index (κ3) is 4.34. The molecule has 3 fully saturated rings. The van der Waals surface area contributed by atoms with E-state index in [0.717, 1.165) is 31.3 Å². The van der Waals surface area contributed by atoms with E-state index in [2.05, 4.69) is 48.3 Å². The van der Waals surface area contributed by atoms with Crippen molar-refractivity contribution in [3.63, 3.8) is 0 Å². The normalized spacial score (nSPS) is 35.8. The Morgan fingerprint density at radius 1 is 1.12 bits per heavy atom. The summed E-state index contributed by atoms with van der Waals surface area (Å²) in [7, 11) is 3.55. The summed E-state index contributed by atoms with van der Waals surface area (Å²) in [5.74, 6) is 0.151. The van der Waals surface area contributed by atoms with Gasteiger partial charge in [-0.2, -0.15) is 0 Å². The van der Waals surface area contributed by atoms with Gasteiger partial charge >= 0.3 is 5.91 Å². The Kier molecular flexibility index (Phi) is 7.18. The largest absolute Gasteiger partial charge is 0.358 e. The molecule has 43 heavy (non-hydrogen) atoms. The zero-order valence-electron chi connectivity index (χ0n) is 27.0. The molecule has 1 aromatic heterocycles. The predicted octanol–water partition coefficient (Wildman–Crippen LogP) is 6.46. The molecule has 2 aliphatic heterocycles. The van der Waals surface area contributed by atoms with Gasteiger partial charge in [-0.3, -0.25) is 14.5 Å². The number of carbonyl (C=O) groups is 2. The molecule has 2 bridgehead atoms. The van der Waals surface area contributed by atoms with Crippen molar-refractivity contribution in [3.05, 3.63) is 52.1 Å². The molecule has 1 saturated heterocycles. The lowest BCUT2D eigenvalue weighted by Crippen LogP contribution is -2.60. The molecule has 2 aromatic rings. The third-order valence-electron chi connectivity index (χ3n) is 11.8. The highest BCUT2D eigenvalue weighted by Crippen LogP contribution is 2.70. The number of hydrogen-bond donors (Lipinski definition) is 1. The van der Waals surface area contributed by atoms with Gasteiger partial charge in [0.1, 0.15) is 5.60 Å². The summed E-state index contributed by atoms with van der Waals surface area (Å²) in [6.07, 6.45) is 7.46. The fraction of sp³-hybridized carbons (Fsp3) is 0.657. The van der Waals surface area contributed by atoms with Crippen LogP contribution in [0.3, 0.4) is 0 Å². The number of H-pyrrole nitrogens is 1. The Hall–Kier alpha value is -2.68. The maximum Gasteiger partial charge on any atom is 0.303 e. The Balaban J connectivity index is 0.000000236. The lowest BCUT2D eigenvalue weighted by atomic mass is 9.44. The van der Waals surface area contributed by atoms with Crippen LogP contribution in [0.15, 0.2) is 41.1 Å². The molecule has 1 N–H and O–H groups in total.